The number of nitrogens with zero attached hydrogens (tertiary/aromatic N) is 2. The number of fused-ring (bicyclic) bond motifs is 1. The van der Waals surface area contributed by atoms with E-state index in [2.05, 4.69) is 34.7 Å². The SMILES string of the molecule is COCc1nc(N[C@H](C)CC[S@@](C)=O)c2c(-c3ccccc3)csc2n1. The number of ether oxygens (including phenoxy) is 1. The number of anilines is 1. The van der Waals surface area contributed by atoms with Crippen molar-refractivity contribution < 1.29 is 8.95 Å². The number of rotatable bonds is 8. The molecule has 2 aromatic heterocycles. The zero-order valence-electron chi connectivity index (χ0n) is 15.2. The third kappa shape index (κ3) is 4.47. The van der Waals surface area contributed by atoms with E-state index in [9.17, 15) is 4.21 Å². The van der Waals surface area contributed by atoms with Gasteiger partial charge in [0.1, 0.15) is 17.3 Å². The Bertz CT molecular complexity index is 896. The minimum Gasteiger partial charge on any atom is -0.377 e. The maximum Gasteiger partial charge on any atom is 0.158 e. The third-order valence-corrected chi connectivity index (χ3v) is 5.74. The molecule has 5 nitrogen and oxygen atoms in total. The molecule has 2 heterocycles. The summed E-state index contributed by atoms with van der Waals surface area (Å²) in [6.45, 7) is 2.46. The Morgan fingerprint density at radius 1 is 1.27 bits per heavy atom. The van der Waals surface area contributed by atoms with Crippen LogP contribution in [0.3, 0.4) is 0 Å². The molecule has 0 aliphatic heterocycles. The Balaban J connectivity index is 2.02. The molecule has 2 atom stereocenters. The monoisotopic (exact) mass is 389 g/mol. The van der Waals surface area contributed by atoms with E-state index in [1.165, 1.54) is 0 Å². The minimum absolute atomic E-state index is 0.163. The fourth-order valence-corrected chi connectivity index (χ4v) is 4.41. The first kappa shape index (κ1) is 18.9. The second-order valence-electron chi connectivity index (χ2n) is 6.23. The van der Waals surface area contributed by atoms with Gasteiger partial charge < -0.3 is 10.1 Å². The first-order valence-corrected chi connectivity index (χ1v) is 11.1. The van der Waals surface area contributed by atoms with Gasteiger partial charge >= 0.3 is 0 Å². The highest BCUT2D eigenvalue weighted by Gasteiger charge is 2.17. The van der Waals surface area contributed by atoms with Gasteiger partial charge in [-0.3, -0.25) is 4.21 Å². The molecule has 0 spiro atoms. The molecule has 0 aliphatic carbocycles. The maximum absolute atomic E-state index is 11.4. The molecule has 1 N–H and O–H groups in total. The van der Waals surface area contributed by atoms with Gasteiger partial charge in [0.25, 0.3) is 0 Å². The molecule has 3 rings (SSSR count). The average Bonchev–Trinajstić information content (AvgIpc) is 3.05. The van der Waals surface area contributed by atoms with Crippen LogP contribution in [0.5, 0.6) is 0 Å². The van der Waals surface area contributed by atoms with Gasteiger partial charge in [-0.1, -0.05) is 30.3 Å². The van der Waals surface area contributed by atoms with Crippen LogP contribution >= 0.6 is 11.3 Å². The topological polar surface area (TPSA) is 64.1 Å². The van der Waals surface area contributed by atoms with Crippen molar-refractivity contribution in [3.8, 4) is 11.1 Å². The number of aromatic nitrogens is 2. The van der Waals surface area contributed by atoms with E-state index < -0.39 is 10.8 Å². The van der Waals surface area contributed by atoms with E-state index in [-0.39, 0.29) is 6.04 Å². The van der Waals surface area contributed by atoms with Crippen LogP contribution < -0.4 is 5.32 Å². The second-order valence-corrected chi connectivity index (χ2v) is 8.64. The average molecular weight is 390 g/mol. The van der Waals surface area contributed by atoms with Crippen LogP contribution in [0.4, 0.5) is 5.82 Å². The van der Waals surface area contributed by atoms with Gasteiger partial charge in [-0.25, -0.2) is 9.97 Å². The number of methoxy groups -OCH3 is 1. The summed E-state index contributed by atoms with van der Waals surface area (Å²) < 4.78 is 16.6. The van der Waals surface area contributed by atoms with Crippen molar-refractivity contribution in [2.24, 2.45) is 0 Å². The van der Waals surface area contributed by atoms with E-state index in [0.717, 1.165) is 33.6 Å². The standard InChI is InChI=1S/C19H23N3O2S2/c1-13(9-10-26(3)23)20-18-17-15(14-7-5-4-6-8-14)12-25-19(17)22-16(21-18)11-24-2/h4-8,12-13H,9-11H2,1-3H3,(H,20,21,22)/t13-,26-/m1/s1. The highest BCUT2D eigenvalue weighted by Crippen LogP contribution is 2.37. The van der Waals surface area contributed by atoms with Crippen molar-refractivity contribution in [2.45, 2.75) is 26.0 Å². The summed E-state index contributed by atoms with van der Waals surface area (Å²) in [6.07, 6.45) is 2.55. The first-order valence-electron chi connectivity index (χ1n) is 8.47. The van der Waals surface area contributed by atoms with Crippen molar-refractivity contribution in [2.75, 3.05) is 24.4 Å². The highest BCUT2D eigenvalue weighted by molar-refractivity contribution is 7.84. The maximum atomic E-state index is 11.4. The minimum atomic E-state index is -0.796. The van der Waals surface area contributed by atoms with Crippen LogP contribution in [0.25, 0.3) is 21.3 Å². The zero-order chi connectivity index (χ0) is 18.5. The Kier molecular flexibility index (Phi) is 6.34. The number of thiophene rings is 1. The van der Waals surface area contributed by atoms with Gasteiger partial charge in [-0.2, -0.15) is 0 Å². The van der Waals surface area contributed by atoms with Crippen molar-refractivity contribution in [3.05, 3.63) is 41.5 Å². The van der Waals surface area contributed by atoms with Gasteiger partial charge in [0.2, 0.25) is 0 Å². The first-order chi connectivity index (χ1) is 12.6. The van der Waals surface area contributed by atoms with Crippen LogP contribution in [-0.2, 0) is 22.1 Å². The predicted octanol–water partition coefficient (Wildman–Crippen LogP) is 4.07. The van der Waals surface area contributed by atoms with Gasteiger partial charge in [-0.15, -0.1) is 11.3 Å². The lowest BCUT2D eigenvalue weighted by atomic mass is 10.1. The number of hydrogen-bond acceptors (Lipinski definition) is 6. The highest BCUT2D eigenvalue weighted by atomic mass is 32.2. The normalized spacial score (nSPS) is 13.7. The molecular formula is C19H23N3O2S2. The molecule has 26 heavy (non-hydrogen) atoms. The summed E-state index contributed by atoms with van der Waals surface area (Å²) in [4.78, 5) is 10.3. The van der Waals surface area contributed by atoms with E-state index >= 15 is 0 Å². The number of nitrogens with one attached hydrogen (secondary N) is 1. The van der Waals surface area contributed by atoms with Crippen LogP contribution in [0.2, 0.25) is 0 Å². The molecule has 0 aliphatic rings. The summed E-state index contributed by atoms with van der Waals surface area (Å²) in [5, 5.41) is 6.66. The lowest BCUT2D eigenvalue weighted by molar-refractivity contribution is 0.178. The number of benzene rings is 1. The second kappa shape index (κ2) is 8.70. The Morgan fingerprint density at radius 2 is 2.04 bits per heavy atom. The number of hydrogen-bond donors (Lipinski definition) is 1. The molecule has 138 valence electrons. The molecule has 0 saturated carbocycles. The van der Waals surface area contributed by atoms with Crippen molar-refractivity contribution in [1.29, 1.82) is 0 Å². The smallest absolute Gasteiger partial charge is 0.158 e. The molecule has 3 aromatic rings. The van der Waals surface area contributed by atoms with Crippen LogP contribution in [0, 0.1) is 0 Å². The van der Waals surface area contributed by atoms with Gasteiger partial charge in [0.15, 0.2) is 5.82 Å². The van der Waals surface area contributed by atoms with Crippen LogP contribution in [0.1, 0.15) is 19.2 Å². The molecule has 7 heteroatoms. The Morgan fingerprint density at radius 3 is 2.73 bits per heavy atom. The summed E-state index contributed by atoms with van der Waals surface area (Å²) in [6, 6.07) is 10.4. The van der Waals surface area contributed by atoms with Gasteiger partial charge in [-0.05, 0) is 18.9 Å². The zero-order valence-corrected chi connectivity index (χ0v) is 16.8. The summed E-state index contributed by atoms with van der Waals surface area (Å²) in [7, 11) is 0.847. The molecule has 0 bridgehead atoms. The van der Waals surface area contributed by atoms with Crippen molar-refractivity contribution in [1.82, 2.24) is 9.97 Å². The van der Waals surface area contributed by atoms with Crippen LogP contribution in [-0.4, -0.2) is 39.3 Å². The predicted molar refractivity (Wildman–Crippen MR) is 110 cm³/mol. The lowest BCUT2D eigenvalue weighted by Gasteiger charge is -2.16. The van der Waals surface area contributed by atoms with Crippen molar-refractivity contribution in [3.63, 3.8) is 0 Å². The molecule has 0 fully saturated rings. The van der Waals surface area contributed by atoms with E-state index in [1.807, 2.05) is 18.2 Å². The molecule has 0 amide bonds. The van der Waals surface area contributed by atoms with E-state index in [0.29, 0.717) is 18.2 Å². The van der Waals surface area contributed by atoms with Crippen molar-refractivity contribution >= 4 is 38.2 Å². The fourth-order valence-electron chi connectivity index (χ4n) is 2.76. The van der Waals surface area contributed by atoms with Gasteiger partial charge in [0.05, 0.1) is 5.39 Å². The van der Waals surface area contributed by atoms with Gasteiger partial charge in [0, 0.05) is 46.9 Å². The van der Waals surface area contributed by atoms with E-state index in [1.54, 1.807) is 24.7 Å². The summed E-state index contributed by atoms with van der Waals surface area (Å²) in [5.74, 6) is 2.15. The Hall–Kier alpha value is -1.83. The van der Waals surface area contributed by atoms with E-state index in [4.69, 9.17) is 9.72 Å². The molecule has 0 unspecified atom stereocenters. The molecule has 1 aromatic carbocycles. The summed E-state index contributed by atoms with van der Waals surface area (Å²) >= 11 is 1.61. The molecule has 0 radical (unpaired) electrons. The third-order valence-electron chi connectivity index (χ3n) is 4.06. The largest absolute Gasteiger partial charge is 0.377 e. The fraction of sp³-hybridized carbons (Fsp3) is 0.368. The molecular weight excluding hydrogens is 366 g/mol. The molecule has 0 saturated heterocycles. The lowest BCUT2D eigenvalue weighted by Crippen LogP contribution is -2.19. The Labute approximate surface area is 160 Å². The van der Waals surface area contributed by atoms with Crippen LogP contribution in [0.15, 0.2) is 35.7 Å². The quantitative estimate of drug-likeness (QED) is 0.629. The summed E-state index contributed by atoms with van der Waals surface area (Å²) in [5.41, 5.74) is 2.27.